The van der Waals surface area contributed by atoms with Crippen LogP contribution in [0.3, 0.4) is 0 Å². The van der Waals surface area contributed by atoms with E-state index >= 15 is 4.79 Å². The van der Waals surface area contributed by atoms with Crippen molar-refractivity contribution in [3.05, 3.63) is 102 Å². The van der Waals surface area contributed by atoms with Gasteiger partial charge < -0.3 is 0 Å². The molecule has 2 heterocycles. The number of hydrogen-bond donors (Lipinski definition) is 0. The van der Waals surface area contributed by atoms with Gasteiger partial charge >= 0.3 is 401 Å². The number of esters is 1. The first-order valence-electron chi connectivity index (χ1n) is 24.6. The number of benzene rings is 3. The molecule has 1 spiro atoms. The van der Waals surface area contributed by atoms with Crippen molar-refractivity contribution in [2.75, 3.05) is 6.61 Å². The molecule has 3 aliphatic carbocycles. The summed E-state index contributed by atoms with van der Waals surface area (Å²) >= 11 is -4.17. The number of Topliss-reactive ketones (excluding diaryl/α,β-unsaturated/α-hetero) is 1. The molecule has 2 bridgehead atoms. The van der Waals surface area contributed by atoms with Gasteiger partial charge in [0.15, 0.2) is 0 Å². The first-order valence-corrected chi connectivity index (χ1v) is 38.3. The van der Waals surface area contributed by atoms with Crippen LogP contribution in [0.4, 0.5) is 0 Å². The average molecular weight is 1050 g/mol. The predicted molar refractivity (Wildman–Crippen MR) is 269 cm³/mol. The molecule has 2 saturated carbocycles. The standard InChI is InChI=1S/C35H60O8SSi2.3C6H5.Sn/c1-12-45(13-2,14-3)42-25-20-35-30(39-31(44)41-35)29-33(11,26(37)18-24(22(25)7)32(35,9)10)27(43-46(15-4,16-5)17-6)19-28-34(29,21-38-28)40-23(8)36;3*1-2-4-6-5-3-1;/h25,27-31,44H,12-21H2,1-11H3;3*1-5H;/q;;;;+1/p-1/t25-,27-,28+,29?,30?,31?,33+,34-,35+;;;;/m0..../s1. The Balaban J connectivity index is 1.40. The third-order valence-electron chi connectivity index (χ3n) is 17.6. The van der Waals surface area contributed by atoms with Gasteiger partial charge in [0.1, 0.15) is 0 Å². The van der Waals surface area contributed by atoms with Crippen molar-refractivity contribution in [2.24, 2.45) is 16.7 Å². The van der Waals surface area contributed by atoms with Crippen molar-refractivity contribution < 1.29 is 37.4 Å². The first kappa shape index (κ1) is 49.3. The van der Waals surface area contributed by atoms with Crippen LogP contribution in [0.5, 0.6) is 0 Å². The minimum atomic E-state index is -4.17. The van der Waals surface area contributed by atoms with E-state index in [0.29, 0.717) is 12.8 Å². The summed E-state index contributed by atoms with van der Waals surface area (Å²) in [6.45, 7) is 24.1. The zero-order valence-corrected chi connectivity index (χ0v) is 46.5. The van der Waals surface area contributed by atoms with Gasteiger partial charge in [0, 0.05) is 0 Å². The molecule has 8 rings (SSSR count). The molecule has 0 N–H and O–H groups in total. The van der Waals surface area contributed by atoms with Crippen LogP contribution in [0.1, 0.15) is 95.4 Å². The van der Waals surface area contributed by atoms with Gasteiger partial charge in [-0.25, -0.2) is 0 Å². The van der Waals surface area contributed by atoms with E-state index in [0.717, 1.165) is 47.4 Å². The van der Waals surface area contributed by atoms with Crippen LogP contribution in [0.15, 0.2) is 102 Å². The zero-order valence-electron chi connectivity index (χ0n) is 40.9. The van der Waals surface area contributed by atoms with Gasteiger partial charge in [-0.15, -0.1) is 0 Å². The number of carbonyl (C=O) groups is 2. The summed E-state index contributed by atoms with van der Waals surface area (Å²) in [5, 5.41) is 0. The van der Waals surface area contributed by atoms with Gasteiger partial charge in [-0.1, -0.05) is 0 Å². The van der Waals surface area contributed by atoms with Crippen LogP contribution in [-0.4, -0.2) is 93.2 Å². The molecule has 8 nitrogen and oxygen atoms in total. The van der Waals surface area contributed by atoms with Gasteiger partial charge in [0.25, 0.3) is 0 Å². The van der Waals surface area contributed by atoms with Gasteiger partial charge in [0.2, 0.25) is 0 Å². The van der Waals surface area contributed by atoms with Crippen molar-refractivity contribution in [3.8, 4) is 0 Å². The van der Waals surface area contributed by atoms with Gasteiger partial charge in [0.05, 0.1) is 0 Å². The fourth-order valence-corrected chi connectivity index (χ4v) is 38.1. The summed E-state index contributed by atoms with van der Waals surface area (Å²) in [7, 11) is -2.61. The number of rotatable bonds is 16. The van der Waals surface area contributed by atoms with Gasteiger partial charge in [-0.2, -0.15) is 0 Å². The summed E-state index contributed by atoms with van der Waals surface area (Å²) in [5.74, 6) is -0.902. The number of carbonyl (C=O) groups excluding carboxylic acids is 2. The van der Waals surface area contributed by atoms with Crippen LogP contribution >= 0.6 is 8.95 Å². The third-order valence-corrected chi connectivity index (χ3v) is 46.9. The number of hydrogen-bond acceptors (Lipinski definition) is 9. The summed E-state index contributed by atoms with van der Waals surface area (Å²) in [6.07, 6.45) is -0.610. The Labute approximate surface area is 398 Å². The molecule has 0 amide bonds. The Morgan fingerprint density at radius 3 is 1.71 bits per heavy atom. The molecule has 0 radical (unpaired) electrons. The van der Waals surface area contributed by atoms with Crippen LogP contribution in [0.2, 0.25) is 36.3 Å². The second kappa shape index (κ2) is 18.7. The van der Waals surface area contributed by atoms with Crippen molar-refractivity contribution in [1.82, 2.24) is 0 Å². The fraction of sp³-hybridized carbons (Fsp3) is 0.585. The zero-order chi connectivity index (χ0) is 46.6. The van der Waals surface area contributed by atoms with E-state index in [2.05, 4.69) is 160 Å². The molecular formula is C53H74O8SSi2Sn. The summed E-state index contributed by atoms with van der Waals surface area (Å²) in [6, 6.07) is 38.8. The molecule has 65 heavy (non-hydrogen) atoms. The molecule has 9 atom stereocenters. The SMILES string of the molecule is CC[Si](CC)(CC)O[C@H]1C[C@@]23OC([S][Sn]([c]4ccccc4)([c]4ccccc4)[c]4ccccc4)OC2C2[C@](C)(C(=O)CC(=C1C)C3(C)C)[C@@H](O[Si](CC)(CC)CC)C[C@H]1OC[C@@]21OC(C)=O. The monoisotopic (exact) mass is 1050 g/mol. The van der Waals surface area contributed by atoms with Crippen molar-refractivity contribution in [3.63, 3.8) is 0 Å². The van der Waals surface area contributed by atoms with Gasteiger partial charge in [-0.3, -0.25) is 0 Å². The Bertz CT molecular complexity index is 2110. The van der Waals surface area contributed by atoms with E-state index in [4.69, 9.17) is 27.8 Å². The van der Waals surface area contributed by atoms with Gasteiger partial charge in [-0.05, 0) is 0 Å². The predicted octanol–water partition coefficient (Wildman–Crippen LogP) is 10.1. The Kier molecular flexibility index (Phi) is 14.2. The molecule has 0 aromatic heterocycles. The molecule has 2 aliphatic heterocycles. The molecule has 5 aliphatic rings. The number of fused-ring (bicyclic) bond motifs is 5. The minimum absolute atomic E-state index is 0.114. The van der Waals surface area contributed by atoms with Crippen LogP contribution < -0.4 is 10.7 Å². The third kappa shape index (κ3) is 7.79. The van der Waals surface area contributed by atoms with Crippen molar-refractivity contribution in [1.29, 1.82) is 0 Å². The molecule has 3 aromatic rings. The summed E-state index contributed by atoms with van der Waals surface area (Å²) < 4.78 is 48.3. The summed E-state index contributed by atoms with van der Waals surface area (Å²) in [4.78, 5) is 29.7. The topological polar surface area (TPSA) is 89.5 Å². The van der Waals surface area contributed by atoms with E-state index < -0.39 is 85.5 Å². The van der Waals surface area contributed by atoms with Crippen LogP contribution in [-0.2, 0) is 37.4 Å². The Morgan fingerprint density at radius 1 is 0.769 bits per heavy atom. The van der Waals surface area contributed by atoms with Crippen LogP contribution in [0, 0.1) is 16.7 Å². The maximum absolute atomic E-state index is 16.1. The molecule has 352 valence electrons. The number of ketones is 1. The fourth-order valence-electron chi connectivity index (χ4n) is 13.1. The summed E-state index contributed by atoms with van der Waals surface area (Å²) in [5.41, 5.74) is -2.38. The quantitative estimate of drug-likeness (QED) is 0.0791. The van der Waals surface area contributed by atoms with E-state index in [-0.39, 0.29) is 30.9 Å². The van der Waals surface area contributed by atoms with Crippen molar-refractivity contribution in [2.45, 2.75) is 173 Å². The molecule has 4 fully saturated rings. The second-order valence-corrected chi connectivity index (χ2v) is 45.4. The van der Waals surface area contributed by atoms with Crippen molar-refractivity contribution >= 4 is 65.1 Å². The molecule has 3 unspecified atom stereocenters. The first-order chi connectivity index (χ1) is 31.0. The van der Waals surface area contributed by atoms with E-state index in [1.54, 1.807) is 0 Å². The molecular weight excluding hydrogens is 972 g/mol. The van der Waals surface area contributed by atoms with E-state index in [1.165, 1.54) is 17.7 Å². The molecule has 12 heteroatoms. The average Bonchev–Trinajstić information content (AvgIpc) is 3.67. The molecule has 3 aromatic carbocycles. The molecule has 2 saturated heterocycles. The normalized spacial score (nSPS) is 32.1. The van der Waals surface area contributed by atoms with Crippen LogP contribution in [0.25, 0.3) is 0 Å². The van der Waals surface area contributed by atoms with E-state index in [1.807, 2.05) is 8.95 Å². The maximum atomic E-state index is 16.1. The second-order valence-electron chi connectivity index (χ2n) is 20.4. The Morgan fingerprint density at radius 2 is 1.26 bits per heavy atom. The number of ether oxygens (including phenoxy) is 4. The van der Waals surface area contributed by atoms with E-state index in [9.17, 15) is 4.79 Å². The Hall–Kier alpha value is -2.08.